The lowest BCUT2D eigenvalue weighted by atomic mass is 10.0. The van der Waals surface area contributed by atoms with Crippen molar-refractivity contribution in [2.75, 3.05) is 13.1 Å². The van der Waals surface area contributed by atoms with E-state index in [1.165, 1.54) is 19.3 Å². The summed E-state index contributed by atoms with van der Waals surface area (Å²) in [7, 11) is -3.26. The summed E-state index contributed by atoms with van der Waals surface area (Å²) in [5, 5.41) is 0. The molecule has 0 amide bonds. The van der Waals surface area contributed by atoms with Crippen molar-refractivity contribution in [3.05, 3.63) is 29.8 Å². The van der Waals surface area contributed by atoms with Crippen LogP contribution in [0.2, 0.25) is 0 Å². The summed E-state index contributed by atoms with van der Waals surface area (Å²) < 4.78 is 26.7. The summed E-state index contributed by atoms with van der Waals surface area (Å²) in [6.07, 6.45) is 3.67. The van der Waals surface area contributed by atoms with Crippen LogP contribution >= 0.6 is 0 Å². The SMILES string of the molecule is Cc1ccc(S(=O)(=O)N2CC3CCCC3C2)cc1. The zero-order valence-electron chi connectivity index (χ0n) is 10.7. The number of sulfonamides is 1. The second-order valence-electron chi connectivity index (χ2n) is 5.59. The zero-order chi connectivity index (χ0) is 12.8. The lowest BCUT2D eigenvalue weighted by Crippen LogP contribution is -2.29. The zero-order valence-corrected chi connectivity index (χ0v) is 11.5. The molecule has 2 unspecified atom stereocenters. The maximum atomic E-state index is 12.5. The molecule has 2 atom stereocenters. The van der Waals surface area contributed by atoms with E-state index in [-0.39, 0.29) is 0 Å². The number of hydrogen-bond donors (Lipinski definition) is 0. The molecule has 1 aliphatic carbocycles. The second kappa shape index (κ2) is 4.35. The van der Waals surface area contributed by atoms with Crippen molar-refractivity contribution in [1.82, 2.24) is 4.31 Å². The minimum Gasteiger partial charge on any atom is -0.207 e. The van der Waals surface area contributed by atoms with Gasteiger partial charge in [0.05, 0.1) is 4.90 Å². The van der Waals surface area contributed by atoms with Crippen LogP contribution < -0.4 is 0 Å². The minimum absolute atomic E-state index is 0.438. The smallest absolute Gasteiger partial charge is 0.207 e. The predicted molar refractivity (Wildman–Crippen MR) is 70.8 cm³/mol. The van der Waals surface area contributed by atoms with Crippen LogP contribution in [0.15, 0.2) is 29.2 Å². The monoisotopic (exact) mass is 265 g/mol. The summed E-state index contributed by atoms with van der Waals surface area (Å²) in [5.74, 6) is 1.20. The Balaban J connectivity index is 1.85. The summed E-state index contributed by atoms with van der Waals surface area (Å²) in [5.41, 5.74) is 1.09. The molecule has 4 heteroatoms. The number of benzene rings is 1. The van der Waals surface area contributed by atoms with Crippen LogP contribution in [0.1, 0.15) is 24.8 Å². The van der Waals surface area contributed by atoms with Crippen molar-refractivity contribution in [2.45, 2.75) is 31.1 Å². The molecule has 0 bridgehead atoms. The summed E-state index contributed by atoms with van der Waals surface area (Å²) in [4.78, 5) is 0.438. The van der Waals surface area contributed by atoms with Crippen LogP contribution in [0.3, 0.4) is 0 Å². The van der Waals surface area contributed by atoms with E-state index in [9.17, 15) is 8.42 Å². The second-order valence-corrected chi connectivity index (χ2v) is 7.52. The number of hydrogen-bond acceptors (Lipinski definition) is 2. The Morgan fingerprint density at radius 3 is 2.17 bits per heavy atom. The molecule has 18 heavy (non-hydrogen) atoms. The fourth-order valence-electron chi connectivity index (χ4n) is 3.25. The van der Waals surface area contributed by atoms with E-state index in [1.807, 2.05) is 19.1 Å². The maximum absolute atomic E-state index is 12.5. The van der Waals surface area contributed by atoms with Crippen LogP contribution in [0.5, 0.6) is 0 Å². The van der Waals surface area contributed by atoms with Crippen LogP contribution in [-0.2, 0) is 10.0 Å². The molecule has 1 saturated heterocycles. The molecule has 0 N–H and O–H groups in total. The molecule has 1 heterocycles. The number of aryl methyl sites for hydroxylation is 1. The van der Waals surface area contributed by atoms with Crippen molar-refractivity contribution < 1.29 is 8.42 Å². The first kappa shape index (κ1) is 12.2. The Morgan fingerprint density at radius 2 is 1.61 bits per heavy atom. The Hall–Kier alpha value is -0.870. The minimum atomic E-state index is -3.26. The largest absolute Gasteiger partial charge is 0.243 e. The molecule has 1 aromatic carbocycles. The van der Waals surface area contributed by atoms with E-state index in [1.54, 1.807) is 16.4 Å². The lowest BCUT2D eigenvalue weighted by molar-refractivity contribution is 0.445. The molecule has 0 aromatic heterocycles. The Kier molecular flexibility index (Phi) is 2.94. The van der Waals surface area contributed by atoms with E-state index in [4.69, 9.17) is 0 Å². The molecule has 1 aromatic rings. The Bertz CT molecular complexity index is 523. The lowest BCUT2D eigenvalue weighted by Gasteiger charge is -2.17. The van der Waals surface area contributed by atoms with Crippen LogP contribution in [0, 0.1) is 18.8 Å². The summed E-state index contributed by atoms with van der Waals surface area (Å²) in [6, 6.07) is 7.17. The highest BCUT2D eigenvalue weighted by Crippen LogP contribution is 2.39. The van der Waals surface area contributed by atoms with E-state index >= 15 is 0 Å². The average Bonchev–Trinajstić information content (AvgIpc) is 2.89. The van der Waals surface area contributed by atoms with Crippen LogP contribution in [0.25, 0.3) is 0 Å². The highest BCUT2D eigenvalue weighted by atomic mass is 32.2. The Labute approximate surface area is 109 Å². The summed E-state index contributed by atoms with van der Waals surface area (Å²) >= 11 is 0. The van der Waals surface area contributed by atoms with Crippen LogP contribution in [0.4, 0.5) is 0 Å². The predicted octanol–water partition coefficient (Wildman–Crippen LogP) is 2.42. The standard InChI is InChI=1S/C14H19NO2S/c1-11-5-7-14(8-6-11)18(16,17)15-9-12-3-2-4-13(12)10-15/h5-8,12-13H,2-4,9-10H2,1H3. The van der Waals surface area contributed by atoms with Gasteiger partial charge in [-0.25, -0.2) is 8.42 Å². The molecular weight excluding hydrogens is 246 g/mol. The van der Waals surface area contributed by atoms with Gasteiger partial charge < -0.3 is 0 Å². The molecule has 3 nitrogen and oxygen atoms in total. The van der Waals surface area contributed by atoms with Crippen molar-refractivity contribution >= 4 is 10.0 Å². The van der Waals surface area contributed by atoms with E-state index in [2.05, 4.69) is 0 Å². The molecule has 2 fully saturated rings. The molecule has 3 rings (SSSR count). The number of fused-ring (bicyclic) bond motifs is 1. The molecular formula is C14H19NO2S. The normalized spacial score (nSPS) is 28.5. The van der Waals surface area contributed by atoms with Gasteiger partial charge in [-0.2, -0.15) is 4.31 Å². The van der Waals surface area contributed by atoms with Crippen molar-refractivity contribution in [1.29, 1.82) is 0 Å². The topological polar surface area (TPSA) is 37.4 Å². The quantitative estimate of drug-likeness (QED) is 0.823. The average molecular weight is 265 g/mol. The van der Waals surface area contributed by atoms with Gasteiger partial charge in [0.15, 0.2) is 0 Å². The van der Waals surface area contributed by atoms with Crippen molar-refractivity contribution in [2.24, 2.45) is 11.8 Å². The fraction of sp³-hybridized carbons (Fsp3) is 0.571. The van der Waals surface area contributed by atoms with Crippen molar-refractivity contribution in [3.8, 4) is 0 Å². The third-order valence-electron chi connectivity index (χ3n) is 4.35. The molecule has 1 saturated carbocycles. The third-order valence-corrected chi connectivity index (χ3v) is 6.20. The number of rotatable bonds is 2. The van der Waals surface area contributed by atoms with Gasteiger partial charge in [0, 0.05) is 13.1 Å². The third kappa shape index (κ3) is 1.97. The van der Waals surface area contributed by atoms with Gasteiger partial charge in [-0.05, 0) is 43.7 Å². The highest BCUT2D eigenvalue weighted by molar-refractivity contribution is 7.89. The molecule has 1 aliphatic heterocycles. The first-order valence-electron chi connectivity index (χ1n) is 6.64. The van der Waals surface area contributed by atoms with Gasteiger partial charge in [-0.3, -0.25) is 0 Å². The maximum Gasteiger partial charge on any atom is 0.243 e. The van der Waals surface area contributed by atoms with Gasteiger partial charge in [-0.1, -0.05) is 24.1 Å². The van der Waals surface area contributed by atoms with Gasteiger partial charge in [0.1, 0.15) is 0 Å². The fourth-order valence-corrected chi connectivity index (χ4v) is 4.80. The van der Waals surface area contributed by atoms with Gasteiger partial charge in [0.2, 0.25) is 10.0 Å². The van der Waals surface area contributed by atoms with E-state index < -0.39 is 10.0 Å². The number of nitrogens with zero attached hydrogens (tertiary/aromatic N) is 1. The highest BCUT2D eigenvalue weighted by Gasteiger charge is 2.41. The van der Waals surface area contributed by atoms with E-state index in [0.717, 1.165) is 18.7 Å². The molecule has 2 aliphatic rings. The van der Waals surface area contributed by atoms with Crippen molar-refractivity contribution in [3.63, 3.8) is 0 Å². The Morgan fingerprint density at radius 1 is 1.06 bits per heavy atom. The van der Waals surface area contributed by atoms with Gasteiger partial charge in [-0.15, -0.1) is 0 Å². The molecule has 0 radical (unpaired) electrons. The van der Waals surface area contributed by atoms with Gasteiger partial charge >= 0.3 is 0 Å². The van der Waals surface area contributed by atoms with Gasteiger partial charge in [0.25, 0.3) is 0 Å². The first-order valence-corrected chi connectivity index (χ1v) is 8.08. The summed E-state index contributed by atoms with van der Waals surface area (Å²) in [6.45, 7) is 3.42. The molecule has 98 valence electrons. The van der Waals surface area contributed by atoms with Crippen LogP contribution in [-0.4, -0.2) is 25.8 Å². The van der Waals surface area contributed by atoms with E-state index in [0.29, 0.717) is 16.7 Å². The first-order chi connectivity index (χ1) is 8.57. The molecule has 0 spiro atoms.